The van der Waals surface area contributed by atoms with Gasteiger partial charge in [-0.3, -0.25) is 9.78 Å². The maximum atomic E-state index is 12.9. The van der Waals surface area contributed by atoms with Gasteiger partial charge in [-0.1, -0.05) is 23.2 Å². The van der Waals surface area contributed by atoms with Gasteiger partial charge in [0.2, 0.25) is 5.91 Å². The molecular weight excluding hydrogens is 545 g/mol. The second-order valence-corrected chi connectivity index (χ2v) is 10.6. The molecule has 0 unspecified atom stereocenters. The quantitative estimate of drug-likeness (QED) is 0.324. The van der Waals surface area contributed by atoms with Crippen LogP contribution in [0.2, 0.25) is 5.02 Å². The third-order valence-corrected chi connectivity index (χ3v) is 7.47. The maximum absolute atomic E-state index is 12.9. The molecule has 3 heterocycles. The molecule has 1 fully saturated rings. The first kappa shape index (κ1) is 22.5. The molecule has 1 aromatic carbocycles. The lowest BCUT2D eigenvalue weighted by atomic mass is 9.88. The average molecular weight is 571 g/mol. The van der Waals surface area contributed by atoms with E-state index in [4.69, 9.17) is 16.6 Å². The number of piperidine rings is 1. The van der Waals surface area contributed by atoms with Crippen molar-refractivity contribution in [1.29, 1.82) is 0 Å². The molecule has 1 aliphatic carbocycles. The minimum atomic E-state index is 0.203. The number of amides is 1. The lowest BCUT2D eigenvalue weighted by Gasteiger charge is -2.30. The number of rotatable bonds is 2. The number of fused-ring (bicyclic) bond motifs is 2. The molecule has 6 heteroatoms. The summed E-state index contributed by atoms with van der Waals surface area (Å²) in [6, 6.07) is 12.5. The molecule has 0 saturated carbocycles. The largest absolute Gasteiger partial charge is 0.342 e. The van der Waals surface area contributed by atoms with E-state index < -0.39 is 0 Å². The number of benzene rings is 1. The zero-order valence-electron chi connectivity index (χ0n) is 18.7. The third-order valence-electron chi connectivity index (χ3n) is 6.65. The van der Waals surface area contributed by atoms with Crippen LogP contribution in [-0.2, 0) is 31.1 Å². The molecular formula is C27H26ClIN3O+. The average Bonchev–Trinajstić information content (AvgIpc) is 2.97. The van der Waals surface area contributed by atoms with E-state index in [9.17, 15) is 4.79 Å². The van der Waals surface area contributed by atoms with Gasteiger partial charge in [0.05, 0.1) is 12.1 Å². The summed E-state index contributed by atoms with van der Waals surface area (Å²) in [5.74, 6) is 0.203. The van der Waals surface area contributed by atoms with Crippen molar-refractivity contribution in [2.24, 2.45) is 7.05 Å². The zero-order valence-corrected chi connectivity index (χ0v) is 21.6. The number of carbonyl (C=O) groups excluding carboxylic acids is 1. The standard InChI is InChI=1S/C27H26ClIN3O/c1-31-10-6-18(7-11-31)14-25(33)32-12-8-19(9-13-32)26-24-5-4-22(28)15-20(24)2-3-21-16-23(29)17-30-27(21)26/h4-7,10-11,15-17H,2-3,8-9,12-14H2,1H3/q+1. The Labute approximate surface area is 213 Å². The summed E-state index contributed by atoms with van der Waals surface area (Å²) in [7, 11) is 1.98. The molecule has 2 aromatic heterocycles. The third kappa shape index (κ3) is 4.85. The highest BCUT2D eigenvalue weighted by Gasteiger charge is 2.27. The number of halogens is 2. The normalized spacial score (nSPS) is 15.7. The van der Waals surface area contributed by atoms with Gasteiger partial charge in [-0.05, 0) is 88.7 Å². The predicted octanol–water partition coefficient (Wildman–Crippen LogP) is 4.93. The molecule has 0 N–H and O–H groups in total. The molecule has 3 aromatic rings. The van der Waals surface area contributed by atoms with Crippen molar-refractivity contribution in [1.82, 2.24) is 9.88 Å². The van der Waals surface area contributed by atoms with Crippen molar-refractivity contribution in [3.05, 3.63) is 97.1 Å². The molecule has 33 heavy (non-hydrogen) atoms. The van der Waals surface area contributed by atoms with E-state index in [2.05, 4.69) is 40.8 Å². The Morgan fingerprint density at radius 1 is 1.06 bits per heavy atom. The number of aryl methyl sites for hydroxylation is 3. The number of nitrogens with zero attached hydrogens (tertiary/aromatic N) is 3. The van der Waals surface area contributed by atoms with Crippen LogP contribution in [0.3, 0.4) is 0 Å². The molecule has 1 saturated heterocycles. The monoisotopic (exact) mass is 570 g/mol. The Bertz CT molecular complexity index is 1190. The fraction of sp³-hybridized carbons (Fsp3) is 0.296. The Hall–Kier alpha value is -2.25. The Morgan fingerprint density at radius 2 is 1.79 bits per heavy atom. The van der Waals surface area contributed by atoms with E-state index >= 15 is 0 Å². The highest BCUT2D eigenvalue weighted by Crippen LogP contribution is 2.38. The predicted molar refractivity (Wildman–Crippen MR) is 139 cm³/mol. The SMILES string of the molecule is C[n+]1ccc(CC(=O)N2CCC(=C3c4ccc(Cl)cc4CCc4cc(I)cnc43)CC2)cc1. The summed E-state index contributed by atoms with van der Waals surface area (Å²) >= 11 is 8.69. The topological polar surface area (TPSA) is 37.1 Å². The number of hydrogen-bond acceptors (Lipinski definition) is 2. The van der Waals surface area contributed by atoms with E-state index in [-0.39, 0.29) is 5.91 Å². The summed E-state index contributed by atoms with van der Waals surface area (Å²) in [5, 5.41) is 0.779. The Morgan fingerprint density at radius 3 is 2.55 bits per heavy atom. The fourth-order valence-corrected chi connectivity index (χ4v) is 5.59. The number of pyridine rings is 2. The van der Waals surface area contributed by atoms with Gasteiger partial charge in [0, 0.05) is 45.6 Å². The second kappa shape index (κ2) is 9.55. The maximum Gasteiger partial charge on any atom is 0.227 e. The second-order valence-electron chi connectivity index (χ2n) is 8.87. The summed E-state index contributed by atoms with van der Waals surface area (Å²) in [6.45, 7) is 1.50. The van der Waals surface area contributed by atoms with E-state index in [0.717, 1.165) is 58.6 Å². The Balaban J connectivity index is 1.44. The number of hydrogen-bond donors (Lipinski definition) is 0. The molecule has 0 bridgehead atoms. The van der Waals surface area contributed by atoms with Gasteiger partial charge in [0.25, 0.3) is 0 Å². The molecule has 0 spiro atoms. The van der Waals surface area contributed by atoms with Gasteiger partial charge in [0.15, 0.2) is 12.4 Å². The van der Waals surface area contributed by atoms with E-state index in [1.54, 1.807) is 0 Å². The first-order valence-corrected chi connectivity index (χ1v) is 12.8. The van der Waals surface area contributed by atoms with Gasteiger partial charge >= 0.3 is 0 Å². The molecule has 1 aliphatic heterocycles. The molecule has 2 aliphatic rings. The van der Waals surface area contributed by atoms with Crippen molar-refractivity contribution in [2.75, 3.05) is 13.1 Å². The van der Waals surface area contributed by atoms with Gasteiger partial charge in [0.1, 0.15) is 7.05 Å². The molecule has 0 radical (unpaired) electrons. The summed E-state index contributed by atoms with van der Waals surface area (Å²) < 4.78 is 3.15. The van der Waals surface area contributed by atoms with Crippen LogP contribution in [0.25, 0.3) is 5.57 Å². The van der Waals surface area contributed by atoms with Crippen molar-refractivity contribution in [2.45, 2.75) is 32.1 Å². The van der Waals surface area contributed by atoms with Crippen LogP contribution in [0.4, 0.5) is 0 Å². The molecule has 168 valence electrons. The number of likely N-dealkylation sites (tertiary alicyclic amines) is 1. The van der Waals surface area contributed by atoms with E-state index in [1.807, 2.05) is 53.3 Å². The highest BCUT2D eigenvalue weighted by molar-refractivity contribution is 14.1. The van der Waals surface area contributed by atoms with Gasteiger partial charge < -0.3 is 4.90 Å². The molecule has 0 atom stereocenters. The smallest absolute Gasteiger partial charge is 0.227 e. The fourth-order valence-electron chi connectivity index (χ4n) is 4.88. The van der Waals surface area contributed by atoms with Crippen molar-refractivity contribution in [3.63, 3.8) is 0 Å². The van der Waals surface area contributed by atoms with Crippen LogP contribution in [0.15, 0.2) is 60.6 Å². The van der Waals surface area contributed by atoms with Gasteiger partial charge in [-0.2, -0.15) is 0 Å². The van der Waals surface area contributed by atoms with Crippen LogP contribution in [-0.4, -0.2) is 28.9 Å². The van der Waals surface area contributed by atoms with Crippen molar-refractivity contribution < 1.29 is 9.36 Å². The lowest BCUT2D eigenvalue weighted by Crippen LogP contribution is -2.37. The van der Waals surface area contributed by atoms with E-state index in [0.29, 0.717) is 6.42 Å². The molecule has 5 rings (SSSR count). The first-order chi connectivity index (χ1) is 16.0. The van der Waals surface area contributed by atoms with Crippen molar-refractivity contribution >= 4 is 45.7 Å². The summed E-state index contributed by atoms with van der Waals surface area (Å²) in [6.07, 6.45) is 10.1. The minimum Gasteiger partial charge on any atom is -0.342 e. The molecule has 4 nitrogen and oxygen atoms in total. The van der Waals surface area contributed by atoms with Crippen LogP contribution < -0.4 is 4.57 Å². The van der Waals surface area contributed by atoms with Crippen LogP contribution in [0, 0.1) is 3.57 Å². The van der Waals surface area contributed by atoms with Gasteiger partial charge in [-0.25, -0.2) is 4.57 Å². The summed E-state index contributed by atoms with van der Waals surface area (Å²) in [5.41, 5.74) is 8.65. The minimum absolute atomic E-state index is 0.203. The highest BCUT2D eigenvalue weighted by atomic mass is 127. The summed E-state index contributed by atoms with van der Waals surface area (Å²) in [4.78, 5) is 19.8. The number of aromatic nitrogens is 2. The Kier molecular flexibility index (Phi) is 6.52. The van der Waals surface area contributed by atoms with Crippen molar-refractivity contribution in [3.8, 4) is 0 Å². The number of carbonyl (C=O) groups is 1. The van der Waals surface area contributed by atoms with Crippen LogP contribution in [0.1, 0.15) is 40.8 Å². The van der Waals surface area contributed by atoms with Crippen LogP contribution >= 0.6 is 34.2 Å². The van der Waals surface area contributed by atoms with Gasteiger partial charge in [-0.15, -0.1) is 0 Å². The van der Waals surface area contributed by atoms with Crippen LogP contribution in [0.5, 0.6) is 0 Å². The lowest BCUT2D eigenvalue weighted by molar-refractivity contribution is -0.671. The van der Waals surface area contributed by atoms with E-state index in [1.165, 1.54) is 27.8 Å². The zero-order chi connectivity index (χ0) is 22.9. The first-order valence-electron chi connectivity index (χ1n) is 11.4. The molecule has 1 amide bonds.